The quantitative estimate of drug-likeness (QED) is 0.420. The van der Waals surface area contributed by atoms with E-state index in [1.807, 2.05) is 4.90 Å². The largest absolute Gasteiger partial charge is 0.488 e. The normalized spacial score (nSPS) is 17.6. The average molecular weight is 485 g/mol. The summed E-state index contributed by atoms with van der Waals surface area (Å²) >= 11 is 6.66. The number of oxazole rings is 1. The Bertz CT molecular complexity index is 1570. The van der Waals surface area contributed by atoms with Gasteiger partial charge in [0.25, 0.3) is 0 Å². The summed E-state index contributed by atoms with van der Waals surface area (Å²) in [4.78, 5) is 33.5. The number of aromatic nitrogens is 2. The summed E-state index contributed by atoms with van der Waals surface area (Å²) in [6, 6.07) is 4.87. The van der Waals surface area contributed by atoms with Gasteiger partial charge in [0.15, 0.2) is 17.1 Å². The van der Waals surface area contributed by atoms with Crippen LogP contribution in [-0.4, -0.2) is 58.4 Å². The first-order chi connectivity index (χ1) is 16.3. The summed E-state index contributed by atoms with van der Waals surface area (Å²) in [5, 5.41) is 9.97. The number of aryl methyl sites for hydroxylation is 1. The van der Waals surface area contributed by atoms with Gasteiger partial charge in [0.05, 0.1) is 28.5 Å². The van der Waals surface area contributed by atoms with E-state index in [9.17, 15) is 14.7 Å². The molecule has 1 amide bonds. The summed E-state index contributed by atoms with van der Waals surface area (Å²) in [6.07, 6.45) is 0.493. The van der Waals surface area contributed by atoms with Crippen molar-refractivity contribution in [1.82, 2.24) is 14.9 Å². The average Bonchev–Trinajstić information content (AvgIpc) is 3.19. The number of nitrogens with zero attached hydrogens (tertiary/aromatic N) is 3. The third-order valence-electron chi connectivity index (χ3n) is 6.51. The van der Waals surface area contributed by atoms with Crippen molar-refractivity contribution in [2.45, 2.75) is 13.0 Å². The molecule has 2 aromatic carbocycles. The van der Waals surface area contributed by atoms with Crippen LogP contribution in [0.25, 0.3) is 33.1 Å². The molecule has 0 radical (unpaired) electrons. The molecule has 0 saturated carbocycles. The van der Waals surface area contributed by atoms with Crippen molar-refractivity contribution in [2.24, 2.45) is 0 Å². The minimum Gasteiger partial charge on any atom is -0.488 e. The molecule has 34 heavy (non-hydrogen) atoms. The maximum Gasteiger partial charge on any atom is 0.417 e. The molecule has 1 atom stereocenters. The standard InChI is InChI=1S/C23H18ClFN4O5/c1-10-2-3-14-21(34-22(30)27-14)16(10)17-13(24)6-12-19(18(17)25)26-7-15-20(12)29-5-4-28(23(31)32)8-11(29)9-33-15/h2-3,6-7,11H,4-5,8-9H2,1H3,(H,27,30)(H,31,32)/t11-/m1/s1. The smallest absolute Gasteiger partial charge is 0.417 e. The number of piperazine rings is 1. The van der Waals surface area contributed by atoms with E-state index in [1.54, 1.807) is 25.1 Å². The minimum absolute atomic E-state index is 0.0939. The molecule has 6 rings (SSSR count). The van der Waals surface area contributed by atoms with Crippen molar-refractivity contribution in [2.75, 3.05) is 31.1 Å². The second-order valence-corrected chi connectivity index (χ2v) is 8.86. The molecule has 2 aliphatic rings. The zero-order valence-corrected chi connectivity index (χ0v) is 18.6. The van der Waals surface area contributed by atoms with Gasteiger partial charge in [-0.25, -0.2) is 19.0 Å². The lowest BCUT2D eigenvalue weighted by atomic mass is 9.96. The van der Waals surface area contributed by atoms with E-state index in [2.05, 4.69) is 9.97 Å². The Kier molecular flexibility index (Phi) is 4.50. The molecule has 174 valence electrons. The number of H-pyrrole nitrogens is 1. The fraction of sp³-hybridized carbons (Fsp3) is 0.261. The summed E-state index contributed by atoms with van der Waals surface area (Å²) < 4.78 is 27.2. The van der Waals surface area contributed by atoms with Crippen LogP contribution in [0.2, 0.25) is 5.02 Å². The third kappa shape index (κ3) is 2.95. The Hall–Kier alpha value is -3.79. The predicted molar refractivity (Wildman–Crippen MR) is 124 cm³/mol. The van der Waals surface area contributed by atoms with Crippen LogP contribution in [0.5, 0.6) is 5.75 Å². The van der Waals surface area contributed by atoms with E-state index in [0.29, 0.717) is 53.2 Å². The second-order valence-electron chi connectivity index (χ2n) is 8.45. The molecule has 1 fully saturated rings. The highest BCUT2D eigenvalue weighted by atomic mass is 35.5. The van der Waals surface area contributed by atoms with Gasteiger partial charge in [-0.1, -0.05) is 17.7 Å². The van der Waals surface area contributed by atoms with Gasteiger partial charge in [0.1, 0.15) is 12.1 Å². The molecule has 0 aliphatic carbocycles. The highest BCUT2D eigenvalue weighted by Crippen LogP contribution is 2.46. The van der Waals surface area contributed by atoms with Gasteiger partial charge in [0, 0.05) is 36.1 Å². The molecule has 2 aromatic heterocycles. The lowest BCUT2D eigenvalue weighted by Gasteiger charge is -2.45. The molecule has 0 spiro atoms. The number of pyridine rings is 1. The van der Waals surface area contributed by atoms with Crippen LogP contribution in [-0.2, 0) is 0 Å². The second kappa shape index (κ2) is 7.36. The van der Waals surface area contributed by atoms with E-state index in [4.69, 9.17) is 20.8 Å². The topological polar surface area (TPSA) is 112 Å². The molecule has 2 aliphatic heterocycles. The molecule has 1 saturated heterocycles. The number of anilines is 1. The first kappa shape index (κ1) is 20.8. The number of ether oxygens (including phenoxy) is 1. The Morgan fingerprint density at radius 3 is 2.94 bits per heavy atom. The summed E-state index contributed by atoms with van der Waals surface area (Å²) in [6.45, 7) is 3.10. The van der Waals surface area contributed by atoms with E-state index in [1.165, 1.54) is 11.1 Å². The van der Waals surface area contributed by atoms with Crippen LogP contribution < -0.4 is 15.4 Å². The third-order valence-corrected chi connectivity index (χ3v) is 6.81. The number of halogens is 2. The number of aromatic amines is 1. The number of hydrogen-bond acceptors (Lipinski definition) is 6. The van der Waals surface area contributed by atoms with Gasteiger partial charge >= 0.3 is 11.8 Å². The zero-order valence-electron chi connectivity index (χ0n) is 17.9. The van der Waals surface area contributed by atoms with Gasteiger partial charge in [-0.05, 0) is 24.6 Å². The van der Waals surface area contributed by atoms with Crippen molar-refractivity contribution in [1.29, 1.82) is 0 Å². The molecule has 11 heteroatoms. The van der Waals surface area contributed by atoms with Crippen molar-refractivity contribution in [3.63, 3.8) is 0 Å². The van der Waals surface area contributed by atoms with Crippen LogP contribution in [0.4, 0.5) is 14.9 Å². The SMILES string of the molecule is Cc1ccc2[nH]c(=O)oc2c1-c1c(Cl)cc2c3c(cnc2c1F)OC[C@H]1CN(C(=O)O)CCN31. The molecular formula is C23H18ClFN4O5. The van der Waals surface area contributed by atoms with Gasteiger partial charge in [-0.3, -0.25) is 4.98 Å². The van der Waals surface area contributed by atoms with Gasteiger partial charge in [-0.2, -0.15) is 0 Å². The van der Waals surface area contributed by atoms with E-state index >= 15 is 4.39 Å². The fourth-order valence-electron chi connectivity index (χ4n) is 4.94. The molecule has 4 aromatic rings. The Morgan fingerprint density at radius 2 is 2.15 bits per heavy atom. The summed E-state index contributed by atoms with van der Waals surface area (Å²) in [5.74, 6) is -0.795. The first-order valence-corrected chi connectivity index (χ1v) is 11.0. The molecule has 0 unspecified atom stereocenters. The molecule has 9 nitrogen and oxygen atoms in total. The Balaban J connectivity index is 1.56. The first-order valence-electron chi connectivity index (χ1n) is 10.6. The number of rotatable bonds is 1. The molecule has 0 bridgehead atoms. The molecule has 2 N–H and O–H groups in total. The van der Waals surface area contributed by atoms with Crippen LogP contribution in [0, 0.1) is 12.7 Å². The number of nitrogens with one attached hydrogen (secondary N) is 1. The van der Waals surface area contributed by atoms with Gasteiger partial charge in [0.2, 0.25) is 0 Å². The highest BCUT2D eigenvalue weighted by Gasteiger charge is 2.36. The van der Waals surface area contributed by atoms with Crippen molar-refractivity contribution < 1.29 is 23.4 Å². The van der Waals surface area contributed by atoms with E-state index in [-0.39, 0.29) is 34.3 Å². The van der Waals surface area contributed by atoms with Crippen molar-refractivity contribution in [3.05, 3.63) is 51.3 Å². The van der Waals surface area contributed by atoms with Crippen LogP contribution >= 0.6 is 11.6 Å². The number of carboxylic acid groups (broad SMARTS) is 1. The Labute approximate surface area is 196 Å². The monoisotopic (exact) mass is 484 g/mol. The van der Waals surface area contributed by atoms with Crippen molar-refractivity contribution >= 4 is 45.4 Å². The van der Waals surface area contributed by atoms with Gasteiger partial charge < -0.3 is 24.1 Å². The summed E-state index contributed by atoms with van der Waals surface area (Å²) in [5.41, 5.74) is 2.55. The number of amides is 1. The van der Waals surface area contributed by atoms with Gasteiger partial charge in [-0.15, -0.1) is 0 Å². The molecule has 4 heterocycles. The number of benzene rings is 2. The molecular weight excluding hydrogens is 467 g/mol. The predicted octanol–water partition coefficient (Wildman–Crippen LogP) is 4.00. The van der Waals surface area contributed by atoms with Crippen molar-refractivity contribution in [3.8, 4) is 16.9 Å². The number of carbonyl (C=O) groups is 1. The van der Waals surface area contributed by atoms with Crippen LogP contribution in [0.3, 0.4) is 0 Å². The van der Waals surface area contributed by atoms with E-state index in [0.717, 1.165) is 0 Å². The highest BCUT2D eigenvalue weighted by molar-refractivity contribution is 6.35. The maximum atomic E-state index is 16.1. The van der Waals surface area contributed by atoms with Crippen LogP contribution in [0.15, 0.2) is 33.6 Å². The van der Waals surface area contributed by atoms with E-state index < -0.39 is 17.7 Å². The van der Waals surface area contributed by atoms with Crippen LogP contribution in [0.1, 0.15) is 5.56 Å². The fourth-order valence-corrected chi connectivity index (χ4v) is 5.23. The summed E-state index contributed by atoms with van der Waals surface area (Å²) in [7, 11) is 0. The Morgan fingerprint density at radius 1 is 1.32 bits per heavy atom. The zero-order chi connectivity index (χ0) is 23.7. The number of fused-ring (bicyclic) bond motifs is 6. The minimum atomic E-state index is -0.982. The maximum absolute atomic E-state index is 16.1. The lowest BCUT2D eigenvalue weighted by molar-refractivity contribution is 0.123. The lowest BCUT2D eigenvalue weighted by Crippen LogP contribution is -2.58. The number of hydrogen-bond donors (Lipinski definition) is 2.